The molecule has 0 aromatic heterocycles. The molecule has 5 aliphatic rings. The monoisotopic (exact) mass is 290 g/mol. The van der Waals surface area contributed by atoms with Crippen LogP contribution in [0.1, 0.15) is 58.3 Å². The highest BCUT2D eigenvalue weighted by molar-refractivity contribution is 5.83. The van der Waals surface area contributed by atoms with Crippen LogP contribution < -0.4 is 5.32 Å². The Morgan fingerprint density at radius 2 is 1.71 bits per heavy atom. The van der Waals surface area contributed by atoms with Crippen molar-refractivity contribution in [2.45, 2.75) is 70.4 Å². The number of piperidine rings is 1. The van der Waals surface area contributed by atoms with Gasteiger partial charge in [0.2, 0.25) is 5.91 Å². The number of nitrogens with zero attached hydrogens (tertiary/aromatic N) is 1. The number of amides is 1. The maximum absolute atomic E-state index is 12.8. The van der Waals surface area contributed by atoms with Gasteiger partial charge in [-0.05, 0) is 88.5 Å². The van der Waals surface area contributed by atoms with Crippen LogP contribution in [0.2, 0.25) is 0 Å². The SMILES string of the molecule is CNC1CCCN(C(C)C23CC4CC(CC(C4)C2)C3)C1=O. The Hall–Kier alpha value is -0.570. The quantitative estimate of drug-likeness (QED) is 0.867. The van der Waals surface area contributed by atoms with E-state index in [1.807, 2.05) is 7.05 Å². The molecule has 0 spiro atoms. The number of carbonyl (C=O) groups excluding carboxylic acids is 1. The van der Waals surface area contributed by atoms with E-state index >= 15 is 0 Å². The van der Waals surface area contributed by atoms with Gasteiger partial charge in [-0.15, -0.1) is 0 Å². The smallest absolute Gasteiger partial charge is 0.239 e. The average Bonchev–Trinajstić information content (AvgIpc) is 2.45. The van der Waals surface area contributed by atoms with Gasteiger partial charge in [0.1, 0.15) is 0 Å². The van der Waals surface area contributed by atoms with Crippen molar-refractivity contribution in [2.24, 2.45) is 23.2 Å². The summed E-state index contributed by atoms with van der Waals surface area (Å²) in [5, 5.41) is 3.22. The molecule has 0 radical (unpaired) electrons. The molecule has 1 amide bonds. The summed E-state index contributed by atoms with van der Waals surface area (Å²) in [4.78, 5) is 15.0. The Bertz CT molecular complexity index is 398. The van der Waals surface area contributed by atoms with Crippen LogP contribution in [0, 0.1) is 23.2 Å². The highest BCUT2D eigenvalue weighted by atomic mass is 16.2. The minimum absolute atomic E-state index is 0.0649. The first-order valence-corrected chi connectivity index (χ1v) is 9.09. The molecule has 1 N–H and O–H groups in total. The summed E-state index contributed by atoms with van der Waals surface area (Å²) in [5.74, 6) is 3.28. The second kappa shape index (κ2) is 4.97. The van der Waals surface area contributed by atoms with Crippen LogP contribution in [0.5, 0.6) is 0 Å². The number of hydrogen-bond donors (Lipinski definition) is 1. The maximum atomic E-state index is 12.8. The highest BCUT2D eigenvalue weighted by Gasteiger charge is 2.55. The minimum Gasteiger partial charge on any atom is -0.338 e. The van der Waals surface area contributed by atoms with Crippen LogP contribution in [-0.2, 0) is 4.79 Å². The predicted molar refractivity (Wildman–Crippen MR) is 83.9 cm³/mol. The molecular formula is C18H30N2O. The van der Waals surface area contributed by atoms with Crippen LogP contribution in [-0.4, -0.2) is 36.5 Å². The van der Waals surface area contributed by atoms with Crippen molar-refractivity contribution in [3.8, 4) is 0 Å². The molecule has 1 saturated heterocycles. The molecule has 5 fully saturated rings. The molecule has 0 aromatic rings. The van der Waals surface area contributed by atoms with Crippen LogP contribution in [0.25, 0.3) is 0 Å². The number of nitrogens with one attached hydrogen (secondary N) is 1. The van der Waals surface area contributed by atoms with Gasteiger partial charge >= 0.3 is 0 Å². The molecule has 0 aromatic carbocycles. The zero-order valence-electron chi connectivity index (χ0n) is 13.6. The zero-order chi connectivity index (χ0) is 14.6. The van der Waals surface area contributed by atoms with Crippen molar-refractivity contribution in [2.75, 3.05) is 13.6 Å². The Labute approximate surface area is 128 Å². The summed E-state index contributed by atoms with van der Waals surface area (Å²) in [6.45, 7) is 3.35. The van der Waals surface area contributed by atoms with Crippen LogP contribution in [0.4, 0.5) is 0 Å². The minimum atomic E-state index is 0.0649. The lowest BCUT2D eigenvalue weighted by Gasteiger charge is -2.61. The lowest BCUT2D eigenvalue weighted by Crippen LogP contribution is -2.61. The van der Waals surface area contributed by atoms with Gasteiger partial charge in [0.15, 0.2) is 0 Å². The molecule has 1 aliphatic heterocycles. The first-order chi connectivity index (χ1) is 10.1. The Kier molecular flexibility index (Phi) is 3.33. The van der Waals surface area contributed by atoms with E-state index in [-0.39, 0.29) is 6.04 Å². The fourth-order valence-corrected chi connectivity index (χ4v) is 6.57. The summed E-state index contributed by atoms with van der Waals surface area (Å²) in [5.41, 5.74) is 0.458. The molecule has 1 heterocycles. The third-order valence-electron chi connectivity index (χ3n) is 7.26. The molecule has 2 atom stereocenters. The van der Waals surface area contributed by atoms with Crippen LogP contribution in [0.15, 0.2) is 0 Å². The molecule has 3 nitrogen and oxygen atoms in total. The number of hydrogen-bond acceptors (Lipinski definition) is 2. The standard InChI is InChI=1S/C18H30N2O/c1-12(20-5-3-4-16(19-2)17(20)21)18-9-13-6-14(10-18)8-15(7-13)11-18/h12-16,19H,3-11H2,1-2H3. The number of rotatable bonds is 3. The van der Waals surface area contributed by atoms with E-state index in [0.717, 1.165) is 37.1 Å². The Morgan fingerprint density at radius 1 is 1.14 bits per heavy atom. The highest BCUT2D eigenvalue weighted by Crippen LogP contribution is 2.62. The first kappa shape index (κ1) is 14.0. The summed E-state index contributed by atoms with van der Waals surface area (Å²) in [7, 11) is 1.93. The Balaban J connectivity index is 1.56. The van der Waals surface area contributed by atoms with Gasteiger partial charge in [0.05, 0.1) is 6.04 Å². The van der Waals surface area contributed by atoms with Crippen molar-refractivity contribution in [1.29, 1.82) is 0 Å². The molecule has 118 valence electrons. The van der Waals surface area contributed by atoms with Gasteiger partial charge in [0.25, 0.3) is 0 Å². The topological polar surface area (TPSA) is 32.3 Å². The molecule has 21 heavy (non-hydrogen) atoms. The lowest BCUT2D eigenvalue weighted by molar-refractivity contribution is -0.150. The van der Waals surface area contributed by atoms with E-state index in [9.17, 15) is 4.79 Å². The van der Waals surface area contributed by atoms with Crippen molar-refractivity contribution in [3.05, 3.63) is 0 Å². The van der Waals surface area contributed by atoms with Crippen LogP contribution in [0.3, 0.4) is 0 Å². The van der Waals surface area contributed by atoms with E-state index in [0.29, 0.717) is 17.4 Å². The fourth-order valence-electron chi connectivity index (χ4n) is 6.57. The van der Waals surface area contributed by atoms with E-state index in [4.69, 9.17) is 0 Å². The summed E-state index contributed by atoms with van der Waals surface area (Å²) in [6, 6.07) is 0.518. The van der Waals surface area contributed by atoms with Crippen LogP contribution >= 0.6 is 0 Å². The van der Waals surface area contributed by atoms with Crippen molar-refractivity contribution < 1.29 is 4.79 Å². The molecule has 2 unspecified atom stereocenters. The van der Waals surface area contributed by atoms with Gasteiger partial charge in [-0.3, -0.25) is 4.79 Å². The molecular weight excluding hydrogens is 260 g/mol. The third-order valence-corrected chi connectivity index (χ3v) is 7.26. The predicted octanol–water partition coefficient (Wildman–Crippen LogP) is 2.80. The maximum Gasteiger partial charge on any atom is 0.239 e. The number of likely N-dealkylation sites (N-methyl/N-ethyl adjacent to an activating group) is 1. The molecule has 4 saturated carbocycles. The first-order valence-electron chi connectivity index (χ1n) is 9.09. The largest absolute Gasteiger partial charge is 0.338 e. The van der Waals surface area contributed by atoms with E-state index in [2.05, 4.69) is 17.1 Å². The van der Waals surface area contributed by atoms with Gasteiger partial charge in [-0.1, -0.05) is 0 Å². The third kappa shape index (κ3) is 2.15. The van der Waals surface area contributed by atoms with Crippen molar-refractivity contribution in [1.82, 2.24) is 10.2 Å². The normalized spacial score (nSPS) is 47.0. The van der Waals surface area contributed by atoms with Gasteiger partial charge in [-0.2, -0.15) is 0 Å². The molecule has 4 bridgehead atoms. The second-order valence-corrected chi connectivity index (χ2v) is 8.47. The van der Waals surface area contributed by atoms with Gasteiger partial charge < -0.3 is 10.2 Å². The van der Waals surface area contributed by atoms with E-state index < -0.39 is 0 Å². The zero-order valence-corrected chi connectivity index (χ0v) is 13.6. The van der Waals surface area contributed by atoms with Crippen molar-refractivity contribution in [3.63, 3.8) is 0 Å². The number of likely N-dealkylation sites (tertiary alicyclic amines) is 1. The van der Waals surface area contributed by atoms with E-state index in [1.165, 1.54) is 38.5 Å². The van der Waals surface area contributed by atoms with E-state index in [1.54, 1.807) is 0 Å². The van der Waals surface area contributed by atoms with Gasteiger partial charge in [0, 0.05) is 12.6 Å². The lowest BCUT2D eigenvalue weighted by atomic mass is 9.47. The van der Waals surface area contributed by atoms with Crippen molar-refractivity contribution >= 4 is 5.91 Å². The van der Waals surface area contributed by atoms with Gasteiger partial charge in [-0.25, -0.2) is 0 Å². The summed E-state index contributed by atoms with van der Waals surface area (Å²) in [6.07, 6.45) is 10.8. The summed E-state index contributed by atoms with van der Waals surface area (Å²) < 4.78 is 0. The Morgan fingerprint density at radius 3 is 2.24 bits per heavy atom. The fraction of sp³-hybridized carbons (Fsp3) is 0.944. The summed E-state index contributed by atoms with van der Waals surface area (Å²) >= 11 is 0. The molecule has 3 heteroatoms. The molecule has 5 rings (SSSR count). The number of carbonyl (C=O) groups is 1. The average molecular weight is 290 g/mol. The molecule has 4 aliphatic carbocycles. The second-order valence-electron chi connectivity index (χ2n) is 8.47.